The summed E-state index contributed by atoms with van der Waals surface area (Å²) in [6.07, 6.45) is 1.07. The SMILES string of the molecule is COc1ccc(Cl)c(C(=O)N2CCC3CN(C)CCOC3C2)c1. The van der Waals surface area contributed by atoms with Gasteiger partial charge in [-0.1, -0.05) is 11.6 Å². The molecule has 0 saturated carbocycles. The van der Waals surface area contributed by atoms with Gasteiger partial charge < -0.3 is 19.3 Å². The van der Waals surface area contributed by atoms with Gasteiger partial charge in [-0.15, -0.1) is 0 Å². The highest BCUT2D eigenvalue weighted by Gasteiger charge is 2.35. The fourth-order valence-electron chi connectivity index (χ4n) is 3.36. The lowest BCUT2D eigenvalue weighted by atomic mass is 9.93. The number of ether oxygens (including phenoxy) is 2. The van der Waals surface area contributed by atoms with Crippen molar-refractivity contribution in [1.29, 1.82) is 0 Å². The van der Waals surface area contributed by atoms with Gasteiger partial charge in [-0.05, 0) is 31.7 Å². The van der Waals surface area contributed by atoms with Gasteiger partial charge in [0.05, 0.1) is 30.4 Å². The van der Waals surface area contributed by atoms with E-state index in [2.05, 4.69) is 11.9 Å². The minimum Gasteiger partial charge on any atom is -0.497 e. The molecule has 2 aliphatic rings. The first-order valence-corrected chi connectivity index (χ1v) is 8.39. The second-order valence-corrected chi connectivity index (χ2v) is 6.72. The third-order valence-corrected chi connectivity index (χ3v) is 5.07. The zero-order valence-corrected chi connectivity index (χ0v) is 14.4. The van der Waals surface area contributed by atoms with Crippen molar-refractivity contribution in [2.45, 2.75) is 12.5 Å². The number of likely N-dealkylation sites (N-methyl/N-ethyl adjacent to an activating group) is 1. The van der Waals surface area contributed by atoms with Crippen LogP contribution >= 0.6 is 11.6 Å². The first-order valence-electron chi connectivity index (χ1n) is 8.01. The highest BCUT2D eigenvalue weighted by molar-refractivity contribution is 6.33. The van der Waals surface area contributed by atoms with Gasteiger partial charge in [-0.25, -0.2) is 0 Å². The van der Waals surface area contributed by atoms with E-state index in [9.17, 15) is 4.79 Å². The highest BCUT2D eigenvalue weighted by Crippen LogP contribution is 2.28. The Morgan fingerprint density at radius 3 is 2.96 bits per heavy atom. The lowest BCUT2D eigenvalue weighted by Crippen LogP contribution is -2.49. The van der Waals surface area contributed by atoms with Crippen LogP contribution in [0.1, 0.15) is 16.8 Å². The van der Waals surface area contributed by atoms with Crippen molar-refractivity contribution in [3.05, 3.63) is 28.8 Å². The van der Waals surface area contributed by atoms with E-state index in [4.69, 9.17) is 21.1 Å². The number of fused-ring (bicyclic) bond motifs is 1. The van der Waals surface area contributed by atoms with Crippen LogP contribution in [0.25, 0.3) is 0 Å². The molecule has 5 nitrogen and oxygen atoms in total. The van der Waals surface area contributed by atoms with Crippen LogP contribution in [0.4, 0.5) is 0 Å². The Labute approximate surface area is 142 Å². The normalized spacial score (nSPS) is 25.6. The molecule has 1 amide bonds. The predicted octanol–water partition coefficient (Wildman–Crippen LogP) is 2.14. The largest absolute Gasteiger partial charge is 0.497 e. The second kappa shape index (κ2) is 7.07. The summed E-state index contributed by atoms with van der Waals surface area (Å²) in [5.74, 6) is 1.08. The topological polar surface area (TPSA) is 42.0 Å². The van der Waals surface area contributed by atoms with E-state index in [0.29, 0.717) is 28.8 Å². The van der Waals surface area contributed by atoms with Crippen LogP contribution < -0.4 is 4.74 Å². The average Bonchev–Trinajstić information content (AvgIpc) is 2.74. The van der Waals surface area contributed by atoms with Crippen LogP contribution in [0.3, 0.4) is 0 Å². The summed E-state index contributed by atoms with van der Waals surface area (Å²) in [6.45, 7) is 4.07. The lowest BCUT2D eigenvalue weighted by molar-refractivity contribution is -0.0170. The Morgan fingerprint density at radius 1 is 1.35 bits per heavy atom. The van der Waals surface area contributed by atoms with Gasteiger partial charge >= 0.3 is 0 Å². The van der Waals surface area contributed by atoms with E-state index >= 15 is 0 Å². The maximum absolute atomic E-state index is 12.8. The van der Waals surface area contributed by atoms with Gasteiger partial charge in [0.15, 0.2) is 0 Å². The first-order chi connectivity index (χ1) is 11.1. The molecule has 2 aliphatic heterocycles. The Balaban J connectivity index is 1.74. The predicted molar refractivity (Wildman–Crippen MR) is 89.3 cm³/mol. The molecule has 1 aromatic carbocycles. The average molecular weight is 339 g/mol. The number of hydrogen-bond donors (Lipinski definition) is 0. The summed E-state index contributed by atoms with van der Waals surface area (Å²) >= 11 is 6.21. The fourth-order valence-corrected chi connectivity index (χ4v) is 3.56. The van der Waals surface area contributed by atoms with Gasteiger partial charge in [-0.2, -0.15) is 0 Å². The molecule has 2 saturated heterocycles. The maximum Gasteiger partial charge on any atom is 0.255 e. The fraction of sp³-hybridized carbons (Fsp3) is 0.588. The summed E-state index contributed by atoms with van der Waals surface area (Å²) in [6, 6.07) is 5.17. The van der Waals surface area contributed by atoms with E-state index in [1.807, 2.05) is 4.90 Å². The molecule has 2 unspecified atom stereocenters. The summed E-state index contributed by atoms with van der Waals surface area (Å²) in [4.78, 5) is 17.0. The molecule has 3 rings (SSSR count). The van der Waals surface area contributed by atoms with Crippen molar-refractivity contribution < 1.29 is 14.3 Å². The molecule has 2 heterocycles. The van der Waals surface area contributed by atoms with Crippen molar-refractivity contribution >= 4 is 17.5 Å². The molecule has 126 valence electrons. The zero-order chi connectivity index (χ0) is 16.4. The number of amides is 1. The molecule has 0 aromatic heterocycles. The number of rotatable bonds is 2. The minimum atomic E-state index is -0.0476. The van der Waals surface area contributed by atoms with Crippen molar-refractivity contribution in [1.82, 2.24) is 9.80 Å². The number of likely N-dealkylation sites (tertiary alicyclic amines) is 1. The standard InChI is InChI=1S/C17H23ClN2O3/c1-19-7-8-23-16-11-20(6-5-12(16)10-19)17(21)14-9-13(22-2)3-4-15(14)18/h3-4,9,12,16H,5-8,10-11H2,1-2H3. The molecule has 23 heavy (non-hydrogen) atoms. The Kier molecular flexibility index (Phi) is 5.09. The van der Waals surface area contributed by atoms with Crippen LogP contribution in [-0.2, 0) is 4.74 Å². The third kappa shape index (κ3) is 3.62. The molecule has 0 radical (unpaired) electrons. The smallest absolute Gasteiger partial charge is 0.255 e. The van der Waals surface area contributed by atoms with Gasteiger partial charge in [-0.3, -0.25) is 4.79 Å². The van der Waals surface area contributed by atoms with Crippen LogP contribution in [0, 0.1) is 5.92 Å². The molecule has 1 aromatic rings. The highest BCUT2D eigenvalue weighted by atomic mass is 35.5. The molecule has 6 heteroatoms. The molecule has 2 atom stereocenters. The molecule has 0 bridgehead atoms. The monoisotopic (exact) mass is 338 g/mol. The van der Waals surface area contributed by atoms with Crippen molar-refractivity contribution in [2.75, 3.05) is 46.9 Å². The molecule has 0 spiro atoms. The van der Waals surface area contributed by atoms with Crippen molar-refractivity contribution in [3.63, 3.8) is 0 Å². The van der Waals surface area contributed by atoms with Crippen LogP contribution in [0.15, 0.2) is 18.2 Å². The number of carbonyl (C=O) groups is 1. The Morgan fingerprint density at radius 2 is 2.17 bits per heavy atom. The summed E-state index contributed by atoms with van der Waals surface area (Å²) in [5, 5.41) is 0.458. The van der Waals surface area contributed by atoms with Crippen LogP contribution in [0.2, 0.25) is 5.02 Å². The van der Waals surface area contributed by atoms with Gasteiger partial charge in [0, 0.05) is 32.1 Å². The maximum atomic E-state index is 12.8. The van der Waals surface area contributed by atoms with E-state index in [-0.39, 0.29) is 12.0 Å². The zero-order valence-electron chi connectivity index (χ0n) is 13.6. The van der Waals surface area contributed by atoms with E-state index in [1.165, 1.54) is 0 Å². The number of methoxy groups -OCH3 is 1. The molecule has 0 aliphatic carbocycles. The summed E-state index contributed by atoms with van der Waals surface area (Å²) < 4.78 is 11.2. The number of halogens is 1. The lowest BCUT2D eigenvalue weighted by Gasteiger charge is -2.37. The minimum absolute atomic E-state index is 0.0476. The third-order valence-electron chi connectivity index (χ3n) is 4.74. The van der Waals surface area contributed by atoms with E-state index in [1.54, 1.807) is 25.3 Å². The number of benzene rings is 1. The number of carbonyl (C=O) groups excluding carboxylic acids is 1. The van der Waals surface area contributed by atoms with E-state index < -0.39 is 0 Å². The number of nitrogens with zero attached hydrogens (tertiary/aromatic N) is 2. The molecular formula is C17H23ClN2O3. The second-order valence-electron chi connectivity index (χ2n) is 6.32. The van der Waals surface area contributed by atoms with E-state index in [0.717, 1.165) is 32.7 Å². The van der Waals surface area contributed by atoms with Gasteiger partial charge in [0.2, 0.25) is 0 Å². The van der Waals surface area contributed by atoms with Crippen LogP contribution in [-0.4, -0.2) is 68.8 Å². The van der Waals surface area contributed by atoms with Gasteiger partial charge in [0.1, 0.15) is 5.75 Å². The Bertz CT molecular complexity index is 581. The molecular weight excluding hydrogens is 316 g/mol. The Hall–Kier alpha value is -1.30. The summed E-state index contributed by atoms with van der Waals surface area (Å²) in [7, 11) is 3.71. The molecule has 0 N–H and O–H groups in total. The quantitative estimate of drug-likeness (QED) is 0.828. The van der Waals surface area contributed by atoms with Crippen molar-refractivity contribution in [2.24, 2.45) is 5.92 Å². The van der Waals surface area contributed by atoms with Gasteiger partial charge in [0.25, 0.3) is 5.91 Å². The molecule has 2 fully saturated rings. The van der Waals surface area contributed by atoms with Crippen molar-refractivity contribution in [3.8, 4) is 5.75 Å². The number of hydrogen-bond acceptors (Lipinski definition) is 4. The number of piperidine rings is 1. The summed E-state index contributed by atoms with van der Waals surface area (Å²) in [5.41, 5.74) is 0.496. The first kappa shape index (κ1) is 16.6. The van der Waals surface area contributed by atoms with Crippen LogP contribution in [0.5, 0.6) is 5.75 Å².